The molecule has 0 spiro atoms. The van der Waals surface area contributed by atoms with Gasteiger partial charge in [-0.25, -0.2) is 4.79 Å². The molecule has 0 aliphatic carbocycles. The van der Waals surface area contributed by atoms with Gasteiger partial charge in [-0.15, -0.1) is 0 Å². The van der Waals surface area contributed by atoms with Crippen LogP contribution in [0.5, 0.6) is 5.75 Å². The summed E-state index contributed by atoms with van der Waals surface area (Å²) >= 11 is 0. The van der Waals surface area contributed by atoms with Crippen LogP contribution in [-0.4, -0.2) is 31.3 Å². The van der Waals surface area contributed by atoms with E-state index in [0.717, 1.165) is 0 Å². The van der Waals surface area contributed by atoms with E-state index in [1.807, 2.05) is 0 Å². The molecule has 0 saturated carbocycles. The number of phenolic OH excluding ortho intramolecular Hbond substituents is 1. The number of para-hydroxylation sites is 1. The molecule has 7 heteroatoms. The molecule has 18 heavy (non-hydrogen) atoms. The van der Waals surface area contributed by atoms with Crippen molar-refractivity contribution in [1.82, 2.24) is 5.32 Å². The van der Waals surface area contributed by atoms with E-state index in [0.29, 0.717) is 12.1 Å². The van der Waals surface area contributed by atoms with Gasteiger partial charge in [0.05, 0.1) is 7.11 Å². The third kappa shape index (κ3) is 3.65. The minimum atomic E-state index is -0.787. The van der Waals surface area contributed by atoms with Crippen molar-refractivity contribution in [2.24, 2.45) is 5.11 Å². The van der Waals surface area contributed by atoms with Crippen molar-refractivity contribution in [1.29, 1.82) is 0 Å². The zero-order chi connectivity index (χ0) is 13.4. The average Bonchev–Trinajstić information content (AvgIpc) is 2.39. The van der Waals surface area contributed by atoms with E-state index >= 15 is 0 Å². The number of hydrogen-bond donors (Lipinski definition) is 2. The van der Waals surface area contributed by atoms with Crippen molar-refractivity contribution in [3.05, 3.63) is 40.3 Å². The molecule has 1 aromatic carbocycles. The van der Waals surface area contributed by atoms with Gasteiger partial charge in [0, 0.05) is 23.6 Å². The van der Waals surface area contributed by atoms with E-state index in [4.69, 9.17) is 5.53 Å². The molecule has 0 aliphatic rings. The summed E-state index contributed by atoms with van der Waals surface area (Å²) in [6.45, 7) is 0.510. The lowest BCUT2D eigenvalue weighted by Gasteiger charge is -2.17. The van der Waals surface area contributed by atoms with Crippen molar-refractivity contribution >= 4 is 5.97 Å². The van der Waals surface area contributed by atoms with Gasteiger partial charge in [-0.3, -0.25) is 0 Å². The summed E-state index contributed by atoms with van der Waals surface area (Å²) in [5, 5.41) is 15.9. The maximum absolute atomic E-state index is 11.6. The summed E-state index contributed by atoms with van der Waals surface area (Å²) in [6, 6.07) is 5.69. The van der Waals surface area contributed by atoms with Gasteiger partial charge in [-0.2, -0.15) is 0 Å². The largest absolute Gasteiger partial charge is 0.508 e. The number of esters is 1. The normalized spacial score (nSPS) is 11.4. The van der Waals surface area contributed by atoms with E-state index in [1.165, 1.54) is 13.2 Å². The first-order valence-electron chi connectivity index (χ1n) is 5.30. The van der Waals surface area contributed by atoms with Crippen LogP contribution in [-0.2, 0) is 9.53 Å². The van der Waals surface area contributed by atoms with Gasteiger partial charge in [-0.1, -0.05) is 23.3 Å². The SMILES string of the molecule is COC(=O)C(NCCN=[N+]=[N-])c1ccccc1O. The van der Waals surface area contributed by atoms with Crippen LogP contribution in [0.2, 0.25) is 0 Å². The first kappa shape index (κ1) is 13.8. The number of aromatic hydroxyl groups is 1. The number of hydrogen-bond acceptors (Lipinski definition) is 5. The molecule has 96 valence electrons. The fraction of sp³-hybridized carbons (Fsp3) is 0.364. The molecule has 1 atom stereocenters. The fourth-order valence-corrected chi connectivity index (χ4v) is 1.47. The predicted molar refractivity (Wildman–Crippen MR) is 64.9 cm³/mol. The quantitative estimate of drug-likeness (QED) is 0.262. The van der Waals surface area contributed by atoms with Crippen molar-refractivity contribution in [2.45, 2.75) is 6.04 Å². The molecular formula is C11H14N4O3. The summed E-state index contributed by atoms with van der Waals surface area (Å²) in [7, 11) is 1.27. The molecule has 0 amide bonds. The first-order valence-corrected chi connectivity index (χ1v) is 5.30. The molecule has 2 N–H and O–H groups in total. The van der Waals surface area contributed by atoms with E-state index in [9.17, 15) is 9.90 Å². The second-order valence-corrected chi connectivity index (χ2v) is 3.42. The number of methoxy groups -OCH3 is 1. The maximum atomic E-state index is 11.6. The zero-order valence-corrected chi connectivity index (χ0v) is 9.91. The lowest BCUT2D eigenvalue weighted by atomic mass is 10.1. The smallest absolute Gasteiger partial charge is 0.327 e. The van der Waals surface area contributed by atoms with Crippen LogP contribution in [0, 0.1) is 0 Å². The number of carbonyl (C=O) groups is 1. The molecule has 0 heterocycles. The number of benzene rings is 1. The van der Waals surface area contributed by atoms with E-state index < -0.39 is 12.0 Å². The highest BCUT2D eigenvalue weighted by Crippen LogP contribution is 2.24. The highest BCUT2D eigenvalue weighted by molar-refractivity contribution is 5.78. The molecule has 0 aromatic heterocycles. The van der Waals surface area contributed by atoms with Crippen LogP contribution >= 0.6 is 0 Å². The average molecular weight is 250 g/mol. The number of azide groups is 1. The second kappa shape index (κ2) is 7.16. The maximum Gasteiger partial charge on any atom is 0.327 e. The lowest BCUT2D eigenvalue weighted by Crippen LogP contribution is -2.31. The van der Waals surface area contributed by atoms with Gasteiger partial charge >= 0.3 is 5.97 Å². The Labute approximate surface area is 104 Å². The number of carbonyl (C=O) groups excluding carboxylic acids is 1. The summed E-state index contributed by atoms with van der Waals surface area (Å²) in [4.78, 5) is 14.2. The van der Waals surface area contributed by atoms with Gasteiger partial charge in [-0.05, 0) is 11.6 Å². The number of ether oxygens (including phenoxy) is 1. The van der Waals surface area contributed by atoms with E-state index in [-0.39, 0.29) is 12.3 Å². The number of nitrogens with zero attached hydrogens (tertiary/aromatic N) is 3. The Morgan fingerprint density at radius 1 is 1.61 bits per heavy atom. The molecule has 0 fully saturated rings. The molecule has 1 rings (SSSR count). The van der Waals surface area contributed by atoms with Crippen molar-refractivity contribution in [3.8, 4) is 5.75 Å². The van der Waals surface area contributed by atoms with Crippen LogP contribution in [0.25, 0.3) is 10.4 Å². The summed E-state index contributed by atoms with van der Waals surface area (Å²) in [5.41, 5.74) is 8.57. The standard InChI is InChI=1S/C11H14N4O3/c1-18-11(17)10(13-6-7-14-15-12)8-4-2-3-5-9(8)16/h2-5,10,13,16H,6-7H2,1H3. The molecule has 1 unspecified atom stereocenters. The molecule has 7 nitrogen and oxygen atoms in total. The Bertz CT molecular complexity index is 457. The van der Waals surface area contributed by atoms with Gasteiger partial charge in [0.2, 0.25) is 0 Å². The third-order valence-corrected chi connectivity index (χ3v) is 2.31. The number of nitrogens with one attached hydrogen (secondary N) is 1. The van der Waals surface area contributed by atoms with Crippen LogP contribution in [0.3, 0.4) is 0 Å². The molecular weight excluding hydrogens is 236 g/mol. The summed E-state index contributed by atoms with van der Waals surface area (Å²) in [6.07, 6.45) is 0. The Morgan fingerprint density at radius 3 is 2.94 bits per heavy atom. The van der Waals surface area contributed by atoms with Crippen LogP contribution in [0.4, 0.5) is 0 Å². The van der Waals surface area contributed by atoms with Gasteiger partial charge in [0.1, 0.15) is 11.8 Å². The van der Waals surface area contributed by atoms with E-state index in [2.05, 4.69) is 20.1 Å². The Morgan fingerprint density at radius 2 is 2.33 bits per heavy atom. The monoisotopic (exact) mass is 250 g/mol. The number of phenols is 1. The predicted octanol–water partition coefficient (Wildman–Crippen LogP) is 1.51. The van der Waals surface area contributed by atoms with Gasteiger partial charge in [0.25, 0.3) is 0 Å². The molecule has 0 bridgehead atoms. The molecule has 0 aliphatic heterocycles. The molecule has 0 saturated heterocycles. The van der Waals surface area contributed by atoms with Crippen LogP contribution in [0.1, 0.15) is 11.6 Å². The summed E-state index contributed by atoms with van der Waals surface area (Å²) in [5.74, 6) is -0.512. The van der Waals surface area contributed by atoms with Crippen molar-refractivity contribution < 1.29 is 14.6 Å². The minimum Gasteiger partial charge on any atom is -0.508 e. The summed E-state index contributed by atoms with van der Waals surface area (Å²) < 4.78 is 4.66. The third-order valence-electron chi connectivity index (χ3n) is 2.31. The number of rotatable bonds is 6. The molecule has 1 aromatic rings. The zero-order valence-electron chi connectivity index (χ0n) is 9.91. The van der Waals surface area contributed by atoms with Gasteiger partial charge < -0.3 is 15.2 Å². The van der Waals surface area contributed by atoms with Crippen molar-refractivity contribution in [3.63, 3.8) is 0 Å². The Hall–Kier alpha value is -2.24. The highest BCUT2D eigenvalue weighted by atomic mass is 16.5. The Balaban J connectivity index is 2.82. The van der Waals surface area contributed by atoms with E-state index in [1.54, 1.807) is 18.2 Å². The lowest BCUT2D eigenvalue weighted by molar-refractivity contribution is -0.143. The topological polar surface area (TPSA) is 107 Å². The fourth-order valence-electron chi connectivity index (χ4n) is 1.47. The van der Waals surface area contributed by atoms with Crippen molar-refractivity contribution in [2.75, 3.05) is 20.2 Å². The second-order valence-electron chi connectivity index (χ2n) is 3.42. The van der Waals surface area contributed by atoms with Crippen LogP contribution in [0.15, 0.2) is 29.4 Å². The highest BCUT2D eigenvalue weighted by Gasteiger charge is 2.22. The van der Waals surface area contributed by atoms with Gasteiger partial charge in [0.15, 0.2) is 0 Å². The first-order chi connectivity index (χ1) is 8.70. The Kier molecular flexibility index (Phi) is 5.50. The molecule has 0 radical (unpaired) electrons. The van der Waals surface area contributed by atoms with Crippen LogP contribution < -0.4 is 5.32 Å². The minimum absolute atomic E-state index is 0.00387.